The number of likely N-dealkylation sites (tertiary alicyclic amines) is 1. The number of thiophene rings is 1. The second-order valence-corrected chi connectivity index (χ2v) is 8.24. The second kappa shape index (κ2) is 6.66. The molecule has 0 radical (unpaired) electrons. The quantitative estimate of drug-likeness (QED) is 0.565. The highest BCUT2D eigenvalue weighted by Crippen LogP contribution is 2.27. The normalized spacial score (nSPS) is 16.8. The van der Waals surface area contributed by atoms with Crippen molar-refractivity contribution >= 4 is 38.2 Å². The van der Waals surface area contributed by atoms with E-state index in [1.54, 1.807) is 35.5 Å². The third kappa shape index (κ3) is 3.15. The fourth-order valence-corrected chi connectivity index (χ4v) is 4.45. The van der Waals surface area contributed by atoms with E-state index in [0.29, 0.717) is 41.1 Å². The molecule has 5 rings (SSSR count). The van der Waals surface area contributed by atoms with E-state index in [0.717, 1.165) is 15.6 Å². The Hall–Kier alpha value is -3.26. The zero-order valence-corrected chi connectivity index (χ0v) is 16.7. The largest absolute Gasteiger partial charge is 0.488 e. The van der Waals surface area contributed by atoms with Crippen LogP contribution >= 0.6 is 11.3 Å². The molecule has 1 aliphatic heterocycles. The van der Waals surface area contributed by atoms with Crippen LogP contribution in [0, 0.1) is 6.92 Å². The highest BCUT2D eigenvalue weighted by molar-refractivity contribution is 7.17. The first-order chi connectivity index (χ1) is 14.0. The number of nitrogens with zero attached hydrogens (tertiary/aromatic N) is 3. The number of hydrogen-bond acceptors (Lipinski definition) is 6. The zero-order valence-electron chi connectivity index (χ0n) is 15.9. The summed E-state index contributed by atoms with van der Waals surface area (Å²) in [7, 11) is 1.76. The van der Waals surface area contributed by atoms with Crippen molar-refractivity contribution in [1.82, 2.24) is 19.9 Å². The van der Waals surface area contributed by atoms with Gasteiger partial charge >= 0.3 is 0 Å². The molecule has 1 aliphatic rings. The van der Waals surface area contributed by atoms with Crippen molar-refractivity contribution < 1.29 is 9.53 Å². The van der Waals surface area contributed by atoms with Crippen LogP contribution in [-0.2, 0) is 4.79 Å². The number of aromatic amines is 1. The lowest BCUT2D eigenvalue weighted by molar-refractivity contribution is -0.126. The Kier molecular flexibility index (Phi) is 4.09. The number of benzene rings is 1. The number of likely N-dealkylation sites (N-methyl/N-ethyl adjacent to an activating group) is 1. The molecule has 1 amide bonds. The smallest absolute Gasteiger partial charge is 0.259 e. The molecular formula is C21H18N4O3S. The summed E-state index contributed by atoms with van der Waals surface area (Å²) < 4.78 is 7.05. The van der Waals surface area contributed by atoms with Crippen LogP contribution < -0.4 is 10.3 Å². The molecule has 0 unspecified atom stereocenters. The average Bonchev–Trinajstić information content (AvgIpc) is 3.28. The number of ether oxygens (including phenoxy) is 1. The monoisotopic (exact) mass is 406 g/mol. The Morgan fingerprint density at radius 3 is 2.93 bits per heavy atom. The maximum Gasteiger partial charge on any atom is 0.259 e. The van der Waals surface area contributed by atoms with Gasteiger partial charge < -0.3 is 14.6 Å². The van der Waals surface area contributed by atoms with Gasteiger partial charge in [0, 0.05) is 23.3 Å². The second-order valence-electron chi connectivity index (χ2n) is 7.30. The summed E-state index contributed by atoms with van der Waals surface area (Å²) in [6, 6.07) is 7.49. The fraction of sp³-hybridized carbons (Fsp3) is 0.238. The molecule has 1 atom stereocenters. The minimum absolute atomic E-state index is 0.0619. The highest BCUT2D eigenvalue weighted by atomic mass is 32.1. The van der Waals surface area contributed by atoms with Crippen LogP contribution in [0.2, 0.25) is 0 Å². The molecule has 29 heavy (non-hydrogen) atoms. The fourth-order valence-electron chi connectivity index (χ4n) is 3.65. The molecular weight excluding hydrogens is 388 g/mol. The summed E-state index contributed by atoms with van der Waals surface area (Å²) in [4.78, 5) is 38.1. The number of aryl methyl sites for hydroxylation is 1. The van der Waals surface area contributed by atoms with Gasteiger partial charge in [0.05, 0.1) is 23.9 Å². The molecule has 1 saturated heterocycles. The number of carbonyl (C=O) groups is 1. The molecule has 1 aromatic carbocycles. The zero-order chi connectivity index (χ0) is 20.1. The van der Waals surface area contributed by atoms with Gasteiger partial charge in [0.1, 0.15) is 17.5 Å². The van der Waals surface area contributed by atoms with Gasteiger partial charge in [-0.25, -0.2) is 4.98 Å². The van der Waals surface area contributed by atoms with Crippen LogP contribution in [0.15, 0.2) is 40.6 Å². The van der Waals surface area contributed by atoms with Gasteiger partial charge in [0.15, 0.2) is 5.82 Å². The summed E-state index contributed by atoms with van der Waals surface area (Å²) in [5.74, 6) is 1.07. The Morgan fingerprint density at radius 1 is 1.28 bits per heavy atom. The molecule has 7 nitrogen and oxygen atoms in total. The lowest BCUT2D eigenvalue weighted by atomic mass is 10.1. The lowest BCUT2D eigenvalue weighted by Gasteiger charge is -2.14. The molecule has 4 aromatic rings. The van der Waals surface area contributed by atoms with Crippen molar-refractivity contribution in [3.05, 3.63) is 51.8 Å². The molecule has 146 valence electrons. The Balaban J connectivity index is 1.54. The first kappa shape index (κ1) is 17.8. The lowest BCUT2D eigenvalue weighted by Crippen LogP contribution is -2.22. The van der Waals surface area contributed by atoms with Crippen molar-refractivity contribution in [3.63, 3.8) is 0 Å². The van der Waals surface area contributed by atoms with Crippen LogP contribution in [0.5, 0.6) is 5.75 Å². The molecule has 0 saturated carbocycles. The van der Waals surface area contributed by atoms with Crippen molar-refractivity contribution in [2.75, 3.05) is 13.6 Å². The molecule has 8 heteroatoms. The van der Waals surface area contributed by atoms with Gasteiger partial charge in [-0.05, 0) is 42.1 Å². The molecule has 1 N–H and O–H groups in total. The van der Waals surface area contributed by atoms with Gasteiger partial charge in [-0.2, -0.15) is 0 Å². The predicted octanol–water partition coefficient (Wildman–Crippen LogP) is 3.12. The standard InChI is InChI=1S/C21H18N4O3S/c1-11-5-13(28-14-7-18(26)25(2)10-14)6-15-19(11)23-20(24-21(15)27)16-8-17-12(9-22-16)3-4-29-17/h3-6,8-9,14H,7,10H2,1-2H3,(H,23,24,27)/t14-/m0/s1. The third-order valence-electron chi connectivity index (χ3n) is 5.16. The van der Waals surface area contributed by atoms with Crippen LogP contribution in [0.4, 0.5) is 0 Å². The van der Waals surface area contributed by atoms with Crippen molar-refractivity contribution in [2.24, 2.45) is 0 Å². The average molecular weight is 406 g/mol. The number of H-pyrrole nitrogens is 1. The summed E-state index contributed by atoms with van der Waals surface area (Å²) in [5.41, 5.74) is 1.83. The number of pyridine rings is 1. The molecule has 0 spiro atoms. The van der Waals surface area contributed by atoms with Gasteiger partial charge in [-0.15, -0.1) is 11.3 Å². The van der Waals surface area contributed by atoms with E-state index in [4.69, 9.17) is 4.74 Å². The van der Waals surface area contributed by atoms with E-state index in [1.807, 2.05) is 30.5 Å². The topological polar surface area (TPSA) is 88.2 Å². The predicted molar refractivity (Wildman–Crippen MR) is 112 cm³/mol. The first-order valence-corrected chi connectivity index (χ1v) is 10.1. The summed E-state index contributed by atoms with van der Waals surface area (Å²) in [6.45, 7) is 2.44. The molecule has 3 aromatic heterocycles. The summed E-state index contributed by atoms with van der Waals surface area (Å²) in [5, 5.41) is 3.53. The minimum Gasteiger partial charge on any atom is -0.488 e. The van der Waals surface area contributed by atoms with E-state index in [-0.39, 0.29) is 17.6 Å². The summed E-state index contributed by atoms with van der Waals surface area (Å²) in [6.07, 6.45) is 1.92. The van der Waals surface area contributed by atoms with Crippen LogP contribution in [0.25, 0.3) is 32.5 Å². The van der Waals surface area contributed by atoms with Gasteiger partial charge in [0.2, 0.25) is 5.91 Å². The summed E-state index contributed by atoms with van der Waals surface area (Å²) >= 11 is 1.62. The van der Waals surface area contributed by atoms with Crippen molar-refractivity contribution in [1.29, 1.82) is 0 Å². The number of hydrogen-bond donors (Lipinski definition) is 1. The van der Waals surface area contributed by atoms with E-state index < -0.39 is 0 Å². The number of amides is 1. The number of carbonyl (C=O) groups excluding carboxylic acids is 1. The minimum atomic E-state index is -0.244. The van der Waals surface area contributed by atoms with E-state index in [1.165, 1.54) is 0 Å². The molecule has 0 bridgehead atoms. The van der Waals surface area contributed by atoms with Crippen LogP contribution in [0.3, 0.4) is 0 Å². The Labute approximate surface area is 170 Å². The number of rotatable bonds is 3. The van der Waals surface area contributed by atoms with Gasteiger partial charge in [0.25, 0.3) is 5.56 Å². The molecule has 0 aliphatic carbocycles. The number of aromatic nitrogens is 3. The Bertz CT molecular complexity index is 1330. The van der Waals surface area contributed by atoms with Crippen LogP contribution in [-0.4, -0.2) is 45.5 Å². The molecule has 1 fully saturated rings. The Morgan fingerprint density at radius 2 is 2.14 bits per heavy atom. The van der Waals surface area contributed by atoms with Gasteiger partial charge in [-0.3, -0.25) is 14.6 Å². The van der Waals surface area contributed by atoms with Crippen LogP contribution in [0.1, 0.15) is 12.0 Å². The van der Waals surface area contributed by atoms with Crippen molar-refractivity contribution in [2.45, 2.75) is 19.4 Å². The third-order valence-corrected chi connectivity index (χ3v) is 6.04. The maximum atomic E-state index is 12.8. The van der Waals surface area contributed by atoms with Gasteiger partial charge in [-0.1, -0.05) is 0 Å². The van der Waals surface area contributed by atoms with E-state index in [9.17, 15) is 9.59 Å². The number of fused-ring (bicyclic) bond motifs is 2. The first-order valence-electron chi connectivity index (χ1n) is 9.27. The molecule has 4 heterocycles. The maximum absolute atomic E-state index is 12.8. The SMILES string of the molecule is Cc1cc(O[C@H]2CC(=O)N(C)C2)cc2c(=O)[nH]c(-c3cc4sccc4cn3)nc12. The highest BCUT2D eigenvalue weighted by Gasteiger charge is 2.28. The number of nitrogens with one attached hydrogen (secondary N) is 1. The van der Waals surface area contributed by atoms with E-state index >= 15 is 0 Å². The van der Waals surface area contributed by atoms with Crippen molar-refractivity contribution in [3.8, 4) is 17.3 Å². The van der Waals surface area contributed by atoms with E-state index in [2.05, 4.69) is 15.0 Å².